The quantitative estimate of drug-likeness (QED) is 0.761. The standard InChI is InChI=1S/C25H29N3O2/c1-18-22(19(2)27-25(30)23(18)17-26)13-14-24(29)28(21-11-7-4-8-12-21)16-15-20-9-5-3-6-10-20/h3-12,18-19,22-23H,13-16H2,1-2H3,(H,27,30). The van der Waals surface area contributed by atoms with Gasteiger partial charge in [-0.05, 0) is 49.3 Å². The summed E-state index contributed by atoms with van der Waals surface area (Å²) in [6.07, 6.45) is 1.82. The van der Waals surface area contributed by atoms with Gasteiger partial charge in [0.05, 0.1) is 6.07 Å². The largest absolute Gasteiger partial charge is 0.352 e. The third-order valence-electron chi connectivity index (χ3n) is 6.16. The number of hydrogen-bond donors (Lipinski definition) is 1. The molecule has 1 heterocycles. The Morgan fingerprint density at radius 1 is 1.07 bits per heavy atom. The molecule has 1 fully saturated rings. The van der Waals surface area contributed by atoms with E-state index in [1.54, 1.807) is 0 Å². The lowest BCUT2D eigenvalue weighted by atomic mass is 9.74. The molecular formula is C25H29N3O2. The Hall–Kier alpha value is -3.13. The van der Waals surface area contributed by atoms with E-state index in [0.717, 1.165) is 12.1 Å². The van der Waals surface area contributed by atoms with Crippen molar-refractivity contribution in [3.05, 3.63) is 66.2 Å². The van der Waals surface area contributed by atoms with Gasteiger partial charge in [0.2, 0.25) is 11.8 Å². The predicted octanol–water partition coefficient (Wildman–Crippen LogP) is 3.95. The normalized spacial score (nSPS) is 23.3. The summed E-state index contributed by atoms with van der Waals surface area (Å²) in [4.78, 5) is 27.1. The SMILES string of the molecule is CC1NC(=O)C(C#N)C(C)C1CCC(=O)N(CCc1ccccc1)c1ccccc1. The van der Waals surface area contributed by atoms with Gasteiger partial charge >= 0.3 is 0 Å². The summed E-state index contributed by atoms with van der Waals surface area (Å²) in [5, 5.41) is 12.2. The minimum Gasteiger partial charge on any atom is -0.352 e. The molecule has 0 radical (unpaired) electrons. The molecule has 0 aliphatic carbocycles. The maximum Gasteiger partial charge on any atom is 0.237 e. The predicted molar refractivity (Wildman–Crippen MR) is 118 cm³/mol. The number of anilines is 1. The first kappa shape index (κ1) is 21.6. The molecule has 30 heavy (non-hydrogen) atoms. The number of amides is 2. The molecule has 0 bridgehead atoms. The molecule has 1 N–H and O–H groups in total. The number of benzene rings is 2. The minimum absolute atomic E-state index is 0.0422. The van der Waals surface area contributed by atoms with E-state index in [1.165, 1.54) is 5.56 Å². The number of carbonyl (C=O) groups is 2. The number of rotatable bonds is 7. The molecule has 2 amide bonds. The topological polar surface area (TPSA) is 73.2 Å². The number of nitrogens with one attached hydrogen (secondary N) is 1. The molecule has 156 valence electrons. The highest BCUT2D eigenvalue weighted by Crippen LogP contribution is 2.32. The summed E-state index contributed by atoms with van der Waals surface area (Å²) < 4.78 is 0. The second kappa shape index (κ2) is 10.1. The van der Waals surface area contributed by atoms with Crippen molar-refractivity contribution in [1.29, 1.82) is 5.26 Å². The van der Waals surface area contributed by atoms with Crippen molar-refractivity contribution in [3.63, 3.8) is 0 Å². The number of hydrogen-bond acceptors (Lipinski definition) is 3. The van der Waals surface area contributed by atoms with Crippen LogP contribution in [-0.4, -0.2) is 24.4 Å². The second-order valence-electron chi connectivity index (χ2n) is 8.08. The number of para-hydroxylation sites is 1. The maximum atomic E-state index is 13.2. The van der Waals surface area contributed by atoms with E-state index < -0.39 is 5.92 Å². The van der Waals surface area contributed by atoms with Gasteiger partial charge in [-0.15, -0.1) is 0 Å². The van der Waals surface area contributed by atoms with Crippen LogP contribution < -0.4 is 10.2 Å². The van der Waals surface area contributed by atoms with E-state index in [4.69, 9.17) is 0 Å². The van der Waals surface area contributed by atoms with Gasteiger partial charge in [0.1, 0.15) is 5.92 Å². The highest BCUT2D eigenvalue weighted by atomic mass is 16.2. The van der Waals surface area contributed by atoms with Gasteiger partial charge in [0.25, 0.3) is 0 Å². The molecule has 5 heteroatoms. The molecule has 2 aromatic rings. The number of nitrogens with zero attached hydrogens (tertiary/aromatic N) is 2. The average molecular weight is 404 g/mol. The average Bonchev–Trinajstić information content (AvgIpc) is 2.75. The monoisotopic (exact) mass is 403 g/mol. The third-order valence-corrected chi connectivity index (χ3v) is 6.16. The van der Waals surface area contributed by atoms with Crippen molar-refractivity contribution in [1.82, 2.24) is 5.32 Å². The van der Waals surface area contributed by atoms with E-state index >= 15 is 0 Å². The van der Waals surface area contributed by atoms with Crippen LogP contribution in [-0.2, 0) is 16.0 Å². The zero-order valence-corrected chi connectivity index (χ0v) is 17.6. The van der Waals surface area contributed by atoms with Crippen LogP contribution >= 0.6 is 0 Å². The van der Waals surface area contributed by atoms with Gasteiger partial charge in [-0.25, -0.2) is 0 Å². The Labute approximate surface area is 178 Å². The fourth-order valence-electron chi connectivity index (χ4n) is 4.37. The molecule has 1 aliphatic rings. The zero-order valence-electron chi connectivity index (χ0n) is 17.6. The number of nitriles is 1. The van der Waals surface area contributed by atoms with Gasteiger partial charge in [-0.3, -0.25) is 9.59 Å². The first-order valence-corrected chi connectivity index (χ1v) is 10.6. The third kappa shape index (κ3) is 5.07. The Balaban J connectivity index is 1.68. The highest BCUT2D eigenvalue weighted by Gasteiger charge is 2.40. The lowest BCUT2D eigenvalue weighted by molar-refractivity contribution is -0.129. The Kier molecular flexibility index (Phi) is 7.24. The van der Waals surface area contributed by atoms with Crippen molar-refractivity contribution < 1.29 is 9.59 Å². The van der Waals surface area contributed by atoms with Crippen LogP contribution in [0.3, 0.4) is 0 Å². The van der Waals surface area contributed by atoms with E-state index in [2.05, 4.69) is 23.5 Å². The first-order valence-electron chi connectivity index (χ1n) is 10.6. The molecule has 1 aliphatic heterocycles. The summed E-state index contributed by atoms with van der Waals surface area (Å²) >= 11 is 0. The van der Waals surface area contributed by atoms with Gasteiger partial charge in [0, 0.05) is 24.7 Å². The second-order valence-corrected chi connectivity index (χ2v) is 8.08. The van der Waals surface area contributed by atoms with Crippen molar-refractivity contribution >= 4 is 17.5 Å². The van der Waals surface area contributed by atoms with Crippen LogP contribution in [0.4, 0.5) is 5.69 Å². The molecule has 4 unspecified atom stereocenters. The van der Waals surface area contributed by atoms with Crippen LogP contribution in [0.2, 0.25) is 0 Å². The van der Waals surface area contributed by atoms with Gasteiger partial charge in [-0.1, -0.05) is 55.5 Å². The fraction of sp³-hybridized carbons (Fsp3) is 0.400. The Morgan fingerprint density at radius 2 is 1.70 bits per heavy atom. The summed E-state index contributed by atoms with van der Waals surface area (Å²) in [5.74, 6) is -0.746. The van der Waals surface area contributed by atoms with Crippen LogP contribution in [0, 0.1) is 29.1 Å². The fourth-order valence-corrected chi connectivity index (χ4v) is 4.37. The molecule has 0 spiro atoms. The van der Waals surface area contributed by atoms with Crippen LogP contribution in [0.25, 0.3) is 0 Å². The number of carbonyl (C=O) groups excluding carboxylic acids is 2. The highest BCUT2D eigenvalue weighted by molar-refractivity contribution is 5.93. The Bertz CT molecular complexity index is 892. The van der Waals surface area contributed by atoms with Crippen LogP contribution in [0.1, 0.15) is 32.3 Å². The molecule has 2 aromatic carbocycles. The smallest absolute Gasteiger partial charge is 0.237 e. The minimum atomic E-state index is -0.649. The van der Waals surface area contributed by atoms with Crippen molar-refractivity contribution in [2.24, 2.45) is 17.8 Å². The van der Waals surface area contributed by atoms with Crippen molar-refractivity contribution in [3.8, 4) is 6.07 Å². The summed E-state index contributed by atoms with van der Waals surface area (Å²) in [6, 6.07) is 22.0. The zero-order chi connectivity index (χ0) is 21.5. The van der Waals surface area contributed by atoms with E-state index in [0.29, 0.717) is 19.4 Å². The van der Waals surface area contributed by atoms with Gasteiger partial charge in [-0.2, -0.15) is 5.26 Å². The number of piperidine rings is 1. The Morgan fingerprint density at radius 3 is 2.33 bits per heavy atom. The summed E-state index contributed by atoms with van der Waals surface area (Å²) in [5.41, 5.74) is 2.09. The van der Waals surface area contributed by atoms with E-state index in [9.17, 15) is 14.9 Å². The molecule has 4 atom stereocenters. The first-order chi connectivity index (χ1) is 14.5. The van der Waals surface area contributed by atoms with Crippen LogP contribution in [0.5, 0.6) is 0 Å². The molecule has 1 saturated heterocycles. The van der Waals surface area contributed by atoms with Crippen molar-refractivity contribution in [2.75, 3.05) is 11.4 Å². The van der Waals surface area contributed by atoms with Gasteiger partial charge < -0.3 is 10.2 Å². The molecular weight excluding hydrogens is 374 g/mol. The lowest BCUT2D eigenvalue weighted by Gasteiger charge is -2.37. The van der Waals surface area contributed by atoms with E-state index in [1.807, 2.05) is 67.3 Å². The van der Waals surface area contributed by atoms with Gasteiger partial charge in [0.15, 0.2) is 0 Å². The van der Waals surface area contributed by atoms with Crippen molar-refractivity contribution in [2.45, 2.75) is 39.2 Å². The maximum absolute atomic E-state index is 13.2. The summed E-state index contributed by atoms with van der Waals surface area (Å²) in [7, 11) is 0. The summed E-state index contributed by atoms with van der Waals surface area (Å²) in [6.45, 7) is 4.52. The van der Waals surface area contributed by atoms with E-state index in [-0.39, 0.29) is 29.7 Å². The van der Waals surface area contributed by atoms with Crippen LogP contribution in [0.15, 0.2) is 60.7 Å². The molecule has 0 saturated carbocycles. The molecule has 3 rings (SSSR count). The molecule has 5 nitrogen and oxygen atoms in total. The lowest BCUT2D eigenvalue weighted by Crippen LogP contribution is -2.52. The molecule has 0 aromatic heterocycles.